The topological polar surface area (TPSA) is 123 Å². The van der Waals surface area contributed by atoms with Gasteiger partial charge in [-0.25, -0.2) is 4.68 Å². The Hall–Kier alpha value is -0.790. The molecule has 0 spiro atoms. The Morgan fingerprint density at radius 1 is 1.58 bits per heavy atom. The SMILES string of the molecule is Nc1nc(N)n(CC(=O)[O-])n1.[Na+]. The van der Waals surface area contributed by atoms with Gasteiger partial charge in [0.15, 0.2) is 0 Å². The fourth-order valence-electron chi connectivity index (χ4n) is 0.611. The monoisotopic (exact) mass is 179 g/mol. The number of aliphatic carboxylic acids is 1. The number of nitrogen functional groups attached to an aromatic ring is 2. The van der Waals surface area contributed by atoms with E-state index in [4.69, 9.17) is 11.5 Å². The molecule has 0 saturated carbocycles. The zero-order valence-corrected chi connectivity index (χ0v) is 8.52. The van der Waals surface area contributed by atoms with Crippen molar-refractivity contribution in [3.63, 3.8) is 0 Å². The van der Waals surface area contributed by atoms with E-state index in [0.717, 1.165) is 4.68 Å². The van der Waals surface area contributed by atoms with Crippen molar-refractivity contribution in [1.29, 1.82) is 0 Å². The van der Waals surface area contributed by atoms with Gasteiger partial charge in [0.2, 0.25) is 11.9 Å². The normalized spacial score (nSPS) is 9.00. The summed E-state index contributed by atoms with van der Waals surface area (Å²) >= 11 is 0. The van der Waals surface area contributed by atoms with Gasteiger partial charge in [0.25, 0.3) is 0 Å². The van der Waals surface area contributed by atoms with Gasteiger partial charge in [0.1, 0.15) is 0 Å². The minimum absolute atomic E-state index is 0. The molecule has 7 nitrogen and oxygen atoms in total. The van der Waals surface area contributed by atoms with Gasteiger partial charge in [-0.2, -0.15) is 4.98 Å². The second-order valence-electron chi connectivity index (χ2n) is 1.86. The average Bonchev–Trinajstić information content (AvgIpc) is 2.09. The Kier molecular flexibility index (Phi) is 4.01. The summed E-state index contributed by atoms with van der Waals surface area (Å²) in [6.07, 6.45) is 0. The second-order valence-corrected chi connectivity index (χ2v) is 1.86. The van der Waals surface area contributed by atoms with Crippen molar-refractivity contribution < 1.29 is 39.5 Å². The number of carboxylic acids is 1. The number of carbonyl (C=O) groups is 1. The van der Waals surface area contributed by atoms with Crippen LogP contribution in [0.2, 0.25) is 0 Å². The van der Waals surface area contributed by atoms with E-state index >= 15 is 0 Å². The predicted octanol–water partition coefficient (Wildman–Crippen LogP) is -5.80. The molecule has 0 amide bonds. The summed E-state index contributed by atoms with van der Waals surface area (Å²) in [4.78, 5) is 13.5. The number of carbonyl (C=O) groups excluding carboxylic acids is 1. The maximum atomic E-state index is 10.0. The average molecular weight is 179 g/mol. The molecular weight excluding hydrogens is 173 g/mol. The van der Waals surface area contributed by atoms with Crippen molar-refractivity contribution in [2.24, 2.45) is 0 Å². The Morgan fingerprint density at radius 3 is 2.50 bits per heavy atom. The van der Waals surface area contributed by atoms with E-state index in [1.807, 2.05) is 0 Å². The third-order valence-corrected chi connectivity index (χ3v) is 0.996. The quantitative estimate of drug-likeness (QED) is 0.436. The predicted molar refractivity (Wildman–Crippen MR) is 33.9 cm³/mol. The van der Waals surface area contributed by atoms with Gasteiger partial charge in [-0.05, 0) is 0 Å². The molecule has 0 atom stereocenters. The van der Waals surface area contributed by atoms with Crippen LogP contribution in [0, 0.1) is 0 Å². The van der Waals surface area contributed by atoms with E-state index in [9.17, 15) is 9.90 Å². The summed E-state index contributed by atoms with van der Waals surface area (Å²) in [5, 5.41) is 13.5. The van der Waals surface area contributed by atoms with E-state index < -0.39 is 12.5 Å². The molecule has 1 rings (SSSR count). The van der Waals surface area contributed by atoms with Crippen LogP contribution in [-0.2, 0) is 11.3 Å². The first-order valence-corrected chi connectivity index (χ1v) is 2.75. The summed E-state index contributed by atoms with van der Waals surface area (Å²) in [5.41, 5.74) is 10.3. The van der Waals surface area contributed by atoms with Crippen LogP contribution in [-0.4, -0.2) is 20.7 Å². The number of nitrogens with zero attached hydrogens (tertiary/aromatic N) is 3. The summed E-state index contributed by atoms with van der Waals surface area (Å²) in [6.45, 7) is -0.434. The Balaban J connectivity index is 0.00000121. The third-order valence-electron chi connectivity index (χ3n) is 0.996. The first-order valence-electron chi connectivity index (χ1n) is 2.75. The molecule has 1 heterocycles. The molecule has 8 heteroatoms. The van der Waals surface area contributed by atoms with E-state index in [-0.39, 0.29) is 41.5 Å². The standard InChI is InChI=1S/C4H7N5O2.Na/c5-3-7-4(6)9(8-3)1-2(10)11;/h1H2,(H,10,11)(H4,5,6,7,8);/q;+1/p-1. The van der Waals surface area contributed by atoms with Gasteiger partial charge in [-0.1, -0.05) is 0 Å². The summed E-state index contributed by atoms with van der Waals surface area (Å²) in [5.74, 6) is -1.38. The molecule has 0 aliphatic rings. The molecule has 0 aliphatic heterocycles. The molecule has 0 saturated heterocycles. The van der Waals surface area contributed by atoms with Gasteiger partial charge < -0.3 is 21.4 Å². The number of hydrogen-bond acceptors (Lipinski definition) is 6. The number of anilines is 2. The van der Waals surface area contributed by atoms with Crippen molar-refractivity contribution in [3.8, 4) is 0 Å². The van der Waals surface area contributed by atoms with Gasteiger partial charge in [0.05, 0.1) is 12.5 Å². The molecule has 4 N–H and O–H groups in total. The number of carboxylic acid groups (broad SMARTS) is 1. The largest absolute Gasteiger partial charge is 1.00 e. The van der Waals surface area contributed by atoms with E-state index in [2.05, 4.69) is 10.1 Å². The molecule has 12 heavy (non-hydrogen) atoms. The van der Waals surface area contributed by atoms with Crippen LogP contribution in [0.15, 0.2) is 0 Å². The van der Waals surface area contributed by atoms with Crippen LogP contribution in [0.3, 0.4) is 0 Å². The van der Waals surface area contributed by atoms with Crippen molar-refractivity contribution in [3.05, 3.63) is 0 Å². The van der Waals surface area contributed by atoms with Gasteiger partial charge in [-0.15, -0.1) is 5.10 Å². The zero-order valence-electron chi connectivity index (χ0n) is 6.52. The van der Waals surface area contributed by atoms with Gasteiger partial charge in [0, 0.05) is 0 Å². The maximum Gasteiger partial charge on any atom is 1.00 e. The molecule has 0 aromatic carbocycles. The summed E-state index contributed by atoms with van der Waals surface area (Å²) in [7, 11) is 0. The molecule has 1 aromatic heterocycles. The maximum absolute atomic E-state index is 10.0. The molecule has 0 unspecified atom stereocenters. The molecular formula is C4H6N5NaO2. The van der Waals surface area contributed by atoms with Crippen LogP contribution in [0.4, 0.5) is 11.9 Å². The number of nitrogens with two attached hydrogens (primary N) is 2. The molecule has 0 bridgehead atoms. The molecule has 0 aliphatic carbocycles. The van der Waals surface area contributed by atoms with Crippen LogP contribution in [0.25, 0.3) is 0 Å². The fraction of sp³-hybridized carbons (Fsp3) is 0.250. The van der Waals surface area contributed by atoms with Gasteiger partial charge in [-0.3, -0.25) is 0 Å². The van der Waals surface area contributed by atoms with Crippen molar-refractivity contribution in [2.75, 3.05) is 11.5 Å². The Morgan fingerprint density at radius 2 is 2.17 bits per heavy atom. The fourth-order valence-corrected chi connectivity index (χ4v) is 0.611. The summed E-state index contributed by atoms with van der Waals surface area (Å²) in [6, 6.07) is 0. The molecule has 60 valence electrons. The van der Waals surface area contributed by atoms with E-state index in [0.29, 0.717) is 0 Å². The second kappa shape index (κ2) is 4.29. The Bertz CT molecular complexity index is 285. The van der Waals surface area contributed by atoms with Gasteiger partial charge >= 0.3 is 29.6 Å². The van der Waals surface area contributed by atoms with E-state index in [1.165, 1.54) is 0 Å². The van der Waals surface area contributed by atoms with E-state index in [1.54, 1.807) is 0 Å². The van der Waals surface area contributed by atoms with Crippen LogP contribution in [0.1, 0.15) is 0 Å². The first kappa shape index (κ1) is 11.2. The van der Waals surface area contributed by atoms with Crippen molar-refractivity contribution in [2.45, 2.75) is 6.54 Å². The van der Waals surface area contributed by atoms with Crippen molar-refractivity contribution in [1.82, 2.24) is 14.8 Å². The summed E-state index contributed by atoms with van der Waals surface area (Å²) < 4.78 is 0.949. The van der Waals surface area contributed by atoms with Crippen molar-refractivity contribution >= 4 is 17.9 Å². The first-order chi connectivity index (χ1) is 5.09. The van der Waals surface area contributed by atoms with Crippen LogP contribution in [0.5, 0.6) is 0 Å². The molecule has 1 aromatic rings. The number of hydrogen-bond donors (Lipinski definition) is 2. The third kappa shape index (κ3) is 2.68. The number of rotatable bonds is 2. The molecule has 0 fully saturated rings. The Labute approximate surface area is 90.0 Å². The zero-order chi connectivity index (χ0) is 8.43. The number of aromatic nitrogens is 3. The van der Waals surface area contributed by atoms with Crippen LogP contribution < -0.4 is 46.1 Å². The van der Waals surface area contributed by atoms with Crippen LogP contribution >= 0.6 is 0 Å². The minimum atomic E-state index is -1.29. The smallest absolute Gasteiger partial charge is 0.548 e. The molecule has 0 radical (unpaired) electrons. The minimum Gasteiger partial charge on any atom is -0.548 e.